The fourth-order valence-electron chi connectivity index (χ4n) is 1.53. The molecule has 0 aliphatic heterocycles. The molecule has 2 aromatic carbocycles. The molecule has 0 fully saturated rings. The quantitative estimate of drug-likeness (QED) is 0.559. The van der Waals surface area contributed by atoms with E-state index in [0.29, 0.717) is 4.47 Å². The Morgan fingerprint density at radius 1 is 1.10 bits per heavy atom. The van der Waals surface area contributed by atoms with Crippen molar-refractivity contribution < 1.29 is 22.8 Å². The monoisotopic (exact) mass is 361 g/mol. The van der Waals surface area contributed by atoms with Crippen LogP contribution in [-0.4, -0.2) is 4.92 Å². The molecule has 0 radical (unpaired) electrons. The van der Waals surface area contributed by atoms with Gasteiger partial charge in [0.05, 0.1) is 15.0 Å². The van der Waals surface area contributed by atoms with Crippen LogP contribution in [0.15, 0.2) is 46.9 Å². The second kappa shape index (κ2) is 5.72. The van der Waals surface area contributed by atoms with E-state index in [-0.39, 0.29) is 17.2 Å². The minimum atomic E-state index is -4.41. The smallest absolute Gasteiger partial charge is 0.416 e. The van der Waals surface area contributed by atoms with Gasteiger partial charge in [-0.3, -0.25) is 10.1 Å². The third-order valence-electron chi connectivity index (χ3n) is 2.54. The number of hydrogen-bond donors (Lipinski definition) is 0. The molecule has 0 heterocycles. The molecular formula is C13H7BrF3NO3. The summed E-state index contributed by atoms with van der Waals surface area (Å²) in [4.78, 5) is 10.0. The van der Waals surface area contributed by atoms with Gasteiger partial charge in [-0.15, -0.1) is 0 Å². The lowest BCUT2D eigenvalue weighted by molar-refractivity contribution is -0.384. The third-order valence-corrected chi connectivity index (χ3v) is 3.16. The van der Waals surface area contributed by atoms with Gasteiger partial charge >= 0.3 is 6.18 Å². The van der Waals surface area contributed by atoms with Crippen molar-refractivity contribution in [1.82, 2.24) is 0 Å². The van der Waals surface area contributed by atoms with Crippen molar-refractivity contribution in [3.63, 3.8) is 0 Å². The van der Waals surface area contributed by atoms with Crippen molar-refractivity contribution in [3.8, 4) is 11.5 Å². The summed E-state index contributed by atoms with van der Waals surface area (Å²) in [6, 6.07) is 8.00. The molecule has 8 heteroatoms. The topological polar surface area (TPSA) is 52.4 Å². The molecule has 0 saturated carbocycles. The molecule has 0 spiro atoms. The molecular weight excluding hydrogens is 355 g/mol. The van der Waals surface area contributed by atoms with E-state index < -0.39 is 16.7 Å². The molecule has 2 rings (SSSR count). The van der Waals surface area contributed by atoms with Crippen LogP contribution in [-0.2, 0) is 6.18 Å². The summed E-state index contributed by atoms with van der Waals surface area (Å²) in [5.41, 5.74) is -0.903. The Morgan fingerprint density at radius 2 is 1.71 bits per heavy atom. The van der Waals surface area contributed by atoms with Crippen LogP contribution in [0.4, 0.5) is 18.9 Å². The average molecular weight is 362 g/mol. The maximum atomic E-state index is 12.4. The van der Waals surface area contributed by atoms with Crippen LogP contribution in [0.3, 0.4) is 0 Å². The number of nitro benzene ring substituents is 1. The molecule has 0 aromatic heterocycles. The van der Waals surface area contributed by atoms with E-state index in [1.54, 1.807) is 0 Å². The van der Waals surface area contributed by atoms with E-state index in [0.717, 1.165) is 12.1 Å². The highest BCUT2D eigenvalue weighted by molar-refractivity contribution is 9.10. The van der Waals surface area contributed by atoms with Crippen LogP contribution in [0, 0.1) is 10.1 Å². The minimum Gasteiger partial charge on any atom is -0.456 e. The van der Waals surface area contributed by atoms with Crippen molar-refractivity contribution in [2.75, 3.05) is 0 Å². The normalized spacial score (nSPS) is 11.2. The maximum Gasteiger partial charge on any atom is 0.416 e. The van der Waals surface area contributed by atoms with Crippen LogP contribution >= 0.6 is 15.9 Å². The zero-order chi connectivity index (χ0) is 15.6. The van der Waals surface area contributed by atoms with Gasteiger partial charge in [0.25, 0.3) is 5.69 Å². The van der Waals surface area contributed by atoms with Crippen molar-refractivity contribution in [3.05, 3.63) is 62.6 Å². The molecule has 4 nitrogen and oxygen atoms in total. The predicted octanol–water partition coefficient (Wildman–Crippen LogP) is 5.17. The number of halogens is 4. The van der Waals surface area contributed by atoms with Gasteiger partial charge in [0.15, 0.2) is 0 Å². The van der Waals surface area contributed by atoms with E-state index in [1.165, 1.54) is 30.3 Å². The Kier molecular flexibility index (Phi) is 4.17. The molecule has 0 bridgehead atoms. The second-order valence-corrected chi connectivity index (χ2v) is 4.85. The summed E-state index contributed by atoms with van der Waals surface area (Å²) in [7, 11) is 0. The summed E-state index contributed by atoms with van der Waals surface area (Å²) in [5, 5.41) is 10.6. The number of rotatable bonds is 3. The number of non-ortho nitro benzene ring substituents is 1. The van der Waals surface area contributed by atoms with E-state index >= 15 is 0 Å². The van der Waals surface area contributed by atoms with E-state index in [1.807, 2.05) is 0 Å². The fraction of sp³-hybridized carbons (Fsp3) is 0.0769. The number of benzene rings is 2. The highest BCUT2D eigenvalue weighted by atomic mass is 79.9. The molecule has 21 heavy (non-hydrogen) atoms. The van der Waals surface area contributed by atoms with Crippen molar-refractivity contribution in [1.29, 1.82) is 0 Å². The van der Waals surface area contributed by atoms with Crippen LogP contribution in [0.25, 0.3) is 0 Å². The molecule has 0 saturated heterocycles. The molecule has 0 unspecified atom stereocenters. The van der Waals surface area contributed by atoms with Crippen LogP contribution in [0.5, 0.6) is 11.5 Å². The number of nitro groups is 1. The number of hydrogen-bond acceptors (Lipinski definition) is 3. The lowest BCUT2D eigenvalue weighted by atomic mass is 10.2. The van der Waals surface area contributed by atoms with Crippen molar-refractivity contribution in [2.24, 2.45) is 0 Å². The SMILES string of the molecule is O=[N+]([O-])c1ccc(Oc2ccc(C(F)(F)F)cc2)c(Br)c1. The first-order valence-corrected chi connectivity index (χ1v) is 6.36. The summed E-state index contributed by atoms with van der Waals surface area (Å²) < 4.78 is 43.0. The second-order valence-electron chi connectivity index (χ2n) is 4.00. The third kappa shape index (κ3) is 3.72. The molecule has 2 aromatic rings. The summed E-state index contributed by atoms with van der Waals surface area (Å²) >= 11 is 3.11. The Morgan fingerprint density at radius 3 is 2.19 bits per heavy atom. The van der Waals surface area contributed by atoms with Gasteiger partial charge in [0.2, 0.25) is 0 Å². The standard InChI is InChI=1S/C13H7BrF3NO3/c14-11-7-9(18(19)20)3-6-12(11)21-10-4-1-8(2-5-10)13(15,16)17/h1-7H. The first-order chi connectivity index (χ1) is 9.77. The highest BCUT2D eigenvalue weighted by Crippen LogP contribution is 2.34. The predicted molar refractivity (Wildman–Crippen MR) is 72.3 cm³/mol. The van der Waals surface area contributed by atoms with Gasteiger partial charge in [0, 0.05) is 12.1 Å². The zero-order valence-corrected chi connectivity index (χ0v) is 11.8. The lowest BCUT2D eigenvalue weighted by Crippen LogP contribution is -2.04. The maximum absolute atomic E-state index is 12.4. The van der Waals surface area contributed by atoms with Crippen molar-refractivity contribution in [2.45, 2.75) is 6.18 Å². The molecule has 0 N–H and O–H groups in total. The lowest BCUT2D eigenvalue weighted by Gasteiger charge is -2.10. The largest absolute Gasteiger partial charge is 0.456 e. The summed E-state index contributed by atoms with van der Waals surface area (Å²) in [5.74, 6) is 0.456. The Bertz CT molecular complexity index is 671. The van der Waals surface area contributed by atoms with Gasteiger partial charge in [0.1, 0.15) is 11.5 Å². The van der Waals surface area contributed by atoms with E-state index in [9.17, 15) is 23.3 Å². The molecule has 0 amide bonds. The highest BCUT2D eigenvalue weighted by Gasteiger charge is 2.30. The molecule has 0 aliphatic carbocycles. The molecule has 0 atom stereocenters. The summed E-state index contributed by atoms with van der Waals surface area (Å²) in [6.45, 7) is 0. The minimum absolute atomic E-state index is 0.123. The fourth-order valence-corrected chi connectivity index (χ4v) is 1.97. The van der Waals surface area contributed by atoms with Gasteiger partial charge in [-0.05, 0) is 46.3 Å². The van der Waals surface area contributed by atoms with Gasteiger partial charge < -0.3 is 4.74 Å². The van der Waals surface area contributed by atoms with E-state index in [2.05, 4.69) is 15.9 Å². The number of alkyl halides is 3. The Balaban J connectivity index is 2.20. The molecule has 110 valence electrons. The number of nitrogens with zero attached hydrogens (tertiary/aromatic N) is 1. The van der Waals surface area contributed by atoms with Crippen molar-refractivity contribution >= 4 is 21.6 Å². The first kappa shape index (κ1) is 15.3. The molecule has 0 aliphatic rings. The van der Waals surface area contributed by atoms with Crippen LogP contribution in [0.1, 0.15) is 5.56 Å². The van der Waals surface area contributed by atoms with Crippen LogP contribution < -0.4 is 4.74 Å². The van der Waals surface area contributed by atoms with Gasteiger partial charge in [-0.1, -0.05) is 0 Å². The average Bonchev–Trinajstić information content (AvgIpc) is 2.40. The number of ether oxygens (including phenoxy) is 1. The Labute approximate surface area is 125 Å². The van der Waals surface area contributed by atoms with Gasteiger partial charge in [-0.2, -0.15) is 13.2 Å². The van der Waals surface area contributed by atoms with E-state index in [4.69, 9.17) is 4.74 Å². The van der Waals surface area contributed by atoms with Gasteiger partial charge in [-0.25, -0.2) is 0 Å². The zero-order valence-electron chi connectivity index (χ0n) is 10.2. The summed E-state index contributed by atoms with van der Waals surface area (Å²) in [6.07, 6.45) is -4.41. The van der Waals surface area contributed by atoms with Crippen LogP contribution in [0.2, 0.25) is 0 Å². The Hall–Kier alpha value is -2.09. The first-order valence-electron chi connectivity index (χ1n) is 5.56.